The van der Waals surface area contributed by atoms with E-state index >= 15 is 0 Å². The van der Waals surface area contributed by atoms with Crippen molar-refractivity contribution in [1.82, 2.24) is 4.90 Å². The summed E-state index contributed by atoms with van der Waals surface area (Å²) in [6, 6.07) is 16.3. The summed E-state index contributed by atoms with van der Waals surface area (Å²) in [5, 5.41) is 12.9. The van der Waals surface area contributed by atoms with Gasteiger partial charge in [0.15, 0.2) is 5.75 Å². The summed E-state index contributed by atoms with van der Waals surface area (Å²) >= 11 is 12.6. The van der Waals surface area contributed by atoms with Crippen molar-refractivity contribution < 1.29 is 29.0 Å². The Bertz CT molecular complexity index is 1270. The third-order valence-corrected chi connectivity index (χ3v) is 5.78. The van der Waals surface area contributed by atoms with Crippen LogP contribution >= 0.6 is 23.2 Å². The highest BCUT2D eigenvalue weighted by Gasteiger charge is 2.23. The molecule has 0 aliphatic heterocycles. The number of phenols is 1. The first kappa shape index (κ1) is 27.8. The number of anilines is 1. The van der Waals surface area contributed by atoms with Crippen LogP contribution in [0.1, 0.15) is 36.7 Å². The van der Waals surface area contributed by atoms with E-state index in [0.717, 1.165) is 5.56 Å². The molecule has 37 heavy (non-hydrogen) atoms. The lowest BCUT2D eigenvalue weighted by Crippen LogP contribution is -2.36. The molecule has 0 aliphatic rings. The minimum absolute atomic E-state index is 0.0421. The second-order valence-corrected chi connectivity index (χ2v) is 9.05. The second-order valence-electron chi connectivity index (χ2n) is 8.24. The average Bonchev–Trinajstić information content (AvgIpc) is 2.86. The van der Waals surface area contributed by atoms with Gasteiger partial charge in [0, 0.05) is 18.3 Å². The van der Waals surface area contributed by atoms with Crippen molar-refractivity contribution in [1.29, 1.82) is 0 Å². The molecular formula is C27H26Cl2N2O6. The van der Waals surface area contributed by atoms with Gasteiger partial charge in [0.1, 0.15) is 11.5 Å². The van der Waals surface area contributed by atoms with Crippen LogP contribution in [0.25, 0.3) is 0 Å². The molecule has 2 N–H and O–H groups in total. The highest BCUT2D eigenvalue weighted by Crippen LogP contribution is 2.40. The minimum atomic E-state index is -1.04. The van der Waals surface area contributed by atoms with Gasteiger partial charge in [-0.2, -0.15) is 0 Å². The fraction of sp³-hybridized carbons (Fsp3) is 0.222. The summed E-state index contributed by atoms with van der Waals surface area (Å²) < 4.78 is 10.5. The van der Waals surface area contributed by atoms with Crippen molar-refractivity contribution in [2.45, 2.75) is 33.4 Å². The third kappa shape index (κ3) is 7.15. The quantitative estimate of drug-likeness (QED) is 0.264. The largest absolute Gasteiger partial charge is 0.507 e. The normalized spacial score (nSPS) is 10.6. The summed E-state index contributed by atoms with van der Waals surface area (Å²) in [6.07, 6.45) is 0. The number of hydrogen-bond acceptors (Lipinski definition) is 6. The number of carbonyl (C=O) groups excluding carboxylic acids is 3. The molecule has 0 aliphatic carbocycles. The van der Waals surface area contributed by atoms with E-state index in [1.54, 1.807) is 11.8 Å². The van der Waals surface area contributed by atoms with E-state index in [9.17, 15) is 19.5 Å². The van der Waals surface area contributed by atoms with Gasteiger partial charge in [0.2, 0.25) is 0 Å². The van der Waals surface area contributed by atoms with Gasteiger partial charge < -0.3 is 24.8 Å². The Kier molecular flexibility index (Phi) is 9.38. The van der Waals surface area contributed by atoms with Crippen molar-refractivity contribution >= 4 is 46.7 Å². The number of amides is 2. The molecular weight excluding hydrogens is 519 g/mol. The van der Waals surface area contributed by atoms with E-state index in [0.29, 0.717) is 6.54 Å². The predicted octanol–water partition coefficient (Wildman–Crippen LogP) is 6.04. The van der Waals surface area contributed by atoms with Gasteiger partial charge in [-0.3, -0.25) is 9.59 Å². The number of esters is 1. The van der Waals surface area contributed by atoms with Crippen molar-refractivity contribution in [3.05, 3.63) is 81.8 Å². The van der Waals surface area contributed by atoms with E-state index in [-0.39, 0.29) is 57.1 Å². The molecule has 0 radical (unpaired) electrons. The van der Waals surface area contributed by atoms with Crippen molar-refractivity contribution in [2.75, 3.05) is 11.9 Å². The van der Waals surface area contributed by atoms with Crippen molar-refractivity contribution in [3.63, 3.8) is 0 Å². The molecule has 3 rings (SSSR count). The Hall–Kier alpha value is -3.75. The Balaban J connectivity index is 1.83. The number of aromatic hydroxyl groups is 1. The molecule has 3 aromatic rings. The molecule has 0 heterocycles. The van der Waals surface area contributed by atoms with Gasteiger partial charge >= 0.3 is 11.9 Å². The zero-order valence-electron chi connectivity index (χ0n) is 20.5. The number of benzene rings is 3. The molecule has 8 nitrogen and oxygen atoms in total. The molecule has 0 unspecified atom stereocenters. The van der Waals surface area contributed by atoms with Crippen LogP contribution in [0.4, 0.5) is 5.69 Å². The fourth-order valence-electron chi connectivity index (χ4n) is 3.40. The number of hydrogen-bond donors (Lipinski definition) is 2. The van der Waals surface area contributed by atoms with Crippen LogP contribution in [0, 0.1) is 0 Å². The van der Waals surface area contributed by atoms with Gasteiger partial charge in [-0.25, -0.2) is 4.79 Å². The molecule has 0 aromatic heterocycles. The third-order valence-electron chi connectivity index (χ3n) is 5.22. The number of carbonyl (C=O) groups is 3. The zero-order chi connectivity index (χ0) is 27.1. The Morgan fingerprint density at radius 2 is 1.65 bits per heavy atom. The Labute approximate surface area is 224 Å². The standard InChI is InChI=1S/C27H26Cl2N2O6/c1-4-36-27(35)25(33)30-18-12-21(28)24(22(29)13-18)37-19-10-11-23(32)20(14-19)26(34)31(16(2)3)15-17-8-6-5-7-9-17/h5-14,16,32H,4,15H2,1-3H3,(H,30,33). The Morgan fingerprint density at radius 1 is 1.00 bits per heavy atom. The van der Waals surface area contributed by atoms with Crippen LogP contribution in [0.3, 0.4) is 0 Å². The molecule has 3 aromatic carbocycles. The number of phenolic OH excluding ortho intramolecular Hbond substituents is 1. The summed E-state index contributed by atoms with van der Waals surface area (Å²) in [5.74, 6) is -2.34. The molecule has 0 spiro atoms. The van der Waals surface area contributed by atoms with Crippen LogP contribution in [0.2, 0.25) is 10.0 Å². The lowest BCUT2D eigenvalue weighted by atomic mass is 10.1. The molecule has 0 saturated heterocycles. The topological polar surface area (TPSA) is 105 Å². The van der Waals surface area contributed by atoms with Crippen LogP contribution in [0.5, 0.6) is 17.2 Å². The minimum Gasteiger partial charge on any atom is -0.507 e. The molecule has 0 saturated carbocycles. The second kappa shape index (κ2) is 12.5. The summed E-state index contributed by atoms with van der Waals surface area (Å²) in [7, 11) is 0. The first-order valence-corrected chi connectivity index (χ1v) is 12.2. The fourth-order valence-corrected chi connectivity index (χ4v) is 3.96. The highest BCUT2D eigenvalue weighted by atomic mass is 35.5. The lowest BCUT2D eigenvalue weighted by molar-refractivity contribution is -0.152. The van der Waals surface area contributed by atoms with E-state index in [1.165, 1.54) is 30.3 Å². The number of rotatable bonds is 8. The molecule has 0 fully saturated rings. The van der Waals surface area contributed by atoms with Crippen molar-refractivity contribution in [3.8, 4) is 17.2 Å². The van der Waals surface area contributed by atoms with Crippen LogP contribution in [-0.2, 0) is 20.9 Å². The first-order chi connectivity index (χ1) is 17.6. The summed E-state index contributed by atoms with van der Waals surface area (Å²) in [4.78, 5) is 38.5. The van der Waals surface area contributed by atoms with E-state index in [1.807, 2.05) is 44.2 Å². The van der Waals surface area contributed by atoms with Gasteiger partial charge in [0.25, 0.3) is 5.91 Å². The first-order valence-electron chi connectivity index (χ1n) is 11.4. The maximum Gasteiger partial charge on any atom is 0.397 e. The summed E-state index contributed by atoms with van der Waals surface area (Å²) in [6.45, 7) is 5.77. The highest BCUT2D eigenvalue weighted by molar-refractivity contribution is 6.39. The number of nitrogens with zero attached hydrogens (tertiary/aromatic N) is 1. The lowest BCUT2D eigenvalue weighted by Gasteiger charge is -2.27. The molecule has 0 bridgehead atoms. The van der Waals surface area contributed by atoms with E-state index < -0.39 is 11.9 Å². The molecule has 10 heteroatoms. The van der Waals surface area contributed by atoms with Gasteiger partial charge in [0.05, 0.1) is 22.2 Å². The SMILES string of the molecule is CCOC(=O)C(=O)Nc1cc(Cl)c(Oc2ccc(O)c(C(=O)N(Cc3ccccc3)C(C)C)c2)c(Cl)c1. The predicted molar refractivity (Wildman–Crippen MR) is 141 cm³/mol. The van der Waals surface area contributed by atoms with E-state index in [4.69, 9.17) is 27.9 Å². The molecule has 0 atom stereocenters. The van der Waals surface area contributed by atoms with Gasteiger partial charge in [-0.05, 0) is 56.7 Å². The van der Waals surface area contributed by atoms with Gasteiger partial charge in [-0.15, -0.1) is 0 Å². The number of nitrogens with one attached hydrogen (secondary N) is 1. The van der Waals surface area contributed by atoms with Crippen LogP contribution in [-0.4, -0.2) is 40.4 Å². The summed E-state index contributed by atoms with van der Waals surface area (Å²) in [5.41, 5.74) is 1.16. The number of halogens is 2. The van der Waals surface area contributed by atoms with Crippen LogP contribution in [0.15, 0.2) is 60.7 Å². The Morgan fingerprint density at radius 3 is 2.24 bits per heavy atom. The average molecular weight is 545 g/mol. The van der Waals surface area contributed by atoms with Crippen molar-refractivity contribution in [2.24, 2.45) is 0 Å². The molecule has 2 amide bonds. The zero-order valence-corrected chi connectivity index (χ0v) is 22.0. The van der Waals surface area contributed by atoms with E-state index in [2.05, 4.69) is 10.1 Å². The van der Waals surface area contributed by atoms with Crippen LogP contribution < -0.4 is 10.1 Å². The maximum atomic E-state index is 13.4. The maximum absolute atomic E-state index is 13.4. The smallest absolute Gasteiger partial charge is 0.397 e. The van der Waals surface area contributed by atoms with Gasteiger partial charge in [-0.1, -0.05) is 53.5 Å². The number of ether oxygens (including phenoxy) is 2. The monoisotopic (exact) mass is 544 g/mol. The molecule has 194 valence electrons.